The first kappa shape index (κ1) is 16.3. The molecule has 1 N–H and O–H groups in total. The Morgan fingerprint density at radius 2 is 1.96 bits per heavy atom. The third-order valence-electron chi connectivity index (χ3n) is 3.53. The van der Waals surface area contributed by atoms with Crippen LogP contribution in [-0.2, 0) is 5.75 Å². The summed E-state index contributed by atoms with van der Waals surface area (Å²) in [6, 6.07) is 16.0. The molecule has 0 bridgehead atoms. The number of halogens is 1. The van der Waals surface area contributed by atoms with Crippen molar-refractivity contribution in [1.82, 2.24) is 0 Å². The lowest BCUT2D eigenvalue weighted by Gasteiger charge is -2.08. The van der Waals surface area contributed by atoms with Crippen LogP contribution in [0.15, 0.2) is 70.2 Å². The SMILES string of the molecule is Cc1cc(F)ccc1NC(=O)c1occc1CSc1ccccc1. The summed E-state index contributed by atoms with van der Waals surface area (Å²) in [6.07, 6.45) is 1.51. The minimum atomic E-state index is -0.335. The number of anilines is 1. The van der Waals surface area contributed by atoms with Crippen LogP contribution in [0.4, 0.5) is 10.1 Å². The van der Waals surface area contributed by atoms with Crippen molar-refractivity contribution < 1.29 is 13.6 Å². The second kappa shape index (κ2) is 7.36. The Kier molecular flexibility index (Phi) is 5.01. The average Bonchev–Trinajstić information content (AvgIpc) is 3.05. The van der Waals surface area contributed by atoms with Crippen molar-refractivity contribution in [2.24, 2.45) is 0 Å². The number of aryl methyl sites for hydroxylation is 1. The van der Waals surface area contributed by atoms with E-state index in [-0.39, 0.29) is 17.5 Å². The highest BCUT2D eigenvalue weighted by Crippen LogP contribution is 2.25. The summed E-state index contributed by atoms with van der Waals surface area (Å²) in [5.74, 6) is 0.245. The van der Waals surface area contributed by atoms with E-state index in [1.807, 2.05) is 30.3 Å². The summed E-state index contributed by atoms with van der Waals surface area (Å²) in [7, 11) is 0. The van der Waals surface area contributed by atoms with Crippen LogP contribution in [0.1, 0.15) is 21.7 Å². The molecule has 0 aliphatic heterocycles. The Hall–Kier alpha value is -2.53. The monoisotopic (exact) mass is 341 g/mol. The lowest BCUT2D eigenvalue weighted by Crippen LogP contribution is -2.13. The number of thioether (sulfide) groups is 1. The Labute approximate surface area is 143 Å². The fourth-order valence-electron chi connectivity index (χ4n) is 2.27. The van der Waals surface area contributed by atoms with E-state index in [9.17, 15) is 9.18 Å². The van der Waals surface area contributed by atoms with Gasteiger partial charge in [-0.25, -0.2) is 4.39 Å². The molecule has 1 amide bonds. The highest BCUT2D eigenvalue weighted by atomic mass is 32.2. The molecule has 122 valence electrons. The fourth-order valence-corrected chi connectivity index (χ4v) is 3.17. The van der Waals surface area contributed by atoms with Crippen molar-refractivity contribution in [1.29, 1.82) is 0 Å². The maximum atomic E-state index is 13.2. The topological polar surface area (TPSA) is 42.2 Å². The molecule has 0 spiro atoms. The van der Waals surface area contributed by atoms with E-state index in [0.717, 1.165) is 10.5 Å². The first-order valence-electron chi connectivity index (χ1n) is 7.45. The van der Waals surface area contributed by atoms with E-state index >= 15 is 0 Å². The van der Waals surface area contributed by atoms with Crippen molar-refractivity contribution in [3.8, 4) is 0 Å². The molecule has 0 radical (unpaired) electrons. The van der Waals surface area contributed by atoms with Crippen LogP contribution in [0.3, 0.4) is 0 Å². The molecule has 0 unspecified atom stereocenters. The molecule has 3 aromatic rings. The zero-order chi connectivity index (χ0) is 16.9. The van der Waals surface area contributed by atoms with Gasteiger partial charge in [-0.05, 0) is 48.9 Å². The van der Waals surface area contributed by atoms with Gasteiger partial charge < -0.3 is 9.73 Å². The molecule has 0 saturated carbocycles. The van der Waals surface area contributed by atoms with Crippen LogP contribution < -0.4 is 5.32 Å². The fraction of sp³-hybridized carbons (Fsp3) is 0.105. The average molecular weight is 341 g/mol. The van der Waals surface area contributed by atoms with Crippen molar-refractivity contribution in [2.75, 3.05) is 5.32 Å². The van der Waals surface area contributed by atoms with Gasteiger partial charge in [-0.3, -0.25) is 4.79 Å². The van der Waals surface area contributed by atoms with Gasteiger partial charge in [0.15, 0.2) is 5.76 Å². The standard InChI is InChI=1S/C19H16FNO2S/c1-13-11-15(20)7-8-17(13)21-19(22)18-14(9-10-23-18)12-24-16-5-3-2-4-6-16/h2-11H,12H2,1H3,(H,21,22). The summed E-state index contributed by atoms with van der Waals surface area (Å²) in [5.41, 5.74) is 2.05. The zero-order valence-corrected chi connectivity index (χ0v) is 13.9. The molecule has 0 aliphatic carbocycles. The maximum absolute atomic E-state index is 13.2. The Morgan fingerprint density at radius 1 is 1.17 bits per heavy atom. The molecular formula is C19H16FNO2S. The van der Waals surface area contributed by atoms with Gasteiger partial charge in [0.25, 0.3) is 5.91 Å². The number of benzene rings is 2. The first-order chi connectivity index (χ1) is 11.6. The molecule has 3 nitrogen and oxygen atoms in total. The molecule has 3 rings (SSSR count). The molecule has 0 atom stereocenters. The zero-order valence-electron chi connectivity index (χ0n) is 13.1. The van der Waals surface area contributed by atoms with Crippen LogP contribution >= 0.6 is 11.8 Å². The normalized spacial score (nSPS) is 10.6. The van der Waals surface area contributed by atoms with Crippen LogP contribution in [0.25, 0.3) is 0 Å². The number of hydrogen-bond acceptors (Lipinski definition) is 3. The van der Waals surface area contributed by atoms with Crippen LogP contribution in [0.5, 0.6) is 0 Å². The summed E-state index contributed by atoms with van der Waals surface area (Å²) in [5, 5.41) is 2.77. The van der Waals surface area contributed by atoms with E-state index in [2.05, 4.69) is 5.32 Å². The molecule has 1 aromatic heterocycles. The summed E-state index contributed by atoms with van der Waals surface area (Å²) in [4.78, 5) is 13.6. The third-order valence-corrected chi connectivity index (χ3v) is 4.59. The van der Waals surface area contributed by atoms with Gasteiger partial charge in [0, 0.05) is 21.9 Å². The van der Waals surface area contributed by atoms with Crippen molar-refractivity contribution in [3.63, 3.8) is 0 Å². The largest absolute Gasteiger partial charge is 0.459 e. The predicted octanol–water partition coefficient (Wildman–Crippen LogP) is 5.27. The first-order valence-corrected chi connectivity index (χ1v) is 8.44. The molecule has 24 heavy (non-hydrogen) atoms. The van der Waals surface area contributed by atoms with Crippen LogP contribution in [-0.4, -0.2) is 5.91 Å². The molecule has 0 aliphatic rings. The Balaban J connectivity index is 1.71. The second-order valence-corrected chi connectivity index (χ2v) is 6.34. The highest BCUT2D eigenvalue weighted by Gasteiger charge is 2.16. The number of amides is 1. The van der Waals surface area contributed by atoms with Gasteiger partial charge in [-0.15, -0.1) is 11.8 Å². The van der Waals surface area contributed by atoms with Crippen molar-refractivity contribution in [3.05, 3.63) is 83.6 Å². The lowest BCUT2D eigenvalue weighted by molar-refractivity contribution is 0.0995. The van der Waals surface area contributed by atoms with E-state index in [4.69, 9.17) is 4.42 Å². The lowest BCUT2D eigenvalue weighted by atomic mass is 10.2. The number of furan rings is 1. The summed E-state index contributed by atoms with van der Waals surface area (Å²) >= 11 is 1.63. The van der Waals surface area contributed by atoms with Gasteiger partial charge in [0.2, 0.25) is 0 Å². The summed E-state index contributed by atoms with van der Waals surface area (Å²) in [6.45, 7) is 1.74. The molecule has 0 saturated heterocycles. The van der Waals surface area contributed by atoms with Crippen LogP contribution in [0, 0.1) is 12.7 Å². The van der Waals surface area contributed by atoms with E-state index in [0.29, 0.717) is 17.0 Å². The molecular weight excluding hydrogens is 325 g/mol. The number of nitrogens with one attached hydrogen (secondary N) is 1. The van der Waals surface area contributed by atoms with Gasteiger partial charge in [-0.2, -0.15) is 0 Å². The van der Waals surface area contributed by atoms with Crippen LogP contribution in [0.2, 0.25) is 0 Å². The van der Waals surface area contributed by atoms with Gasteiger partial charge in [-0.1, -0.05) is 18.2 Å². The molecule has 5 heteroatoms. The van der Waals surface area contributed by atoms with Gasteiger partial charge >= 0.3 is 0 Å². The number of carbonyl (C=O) groups is 1. The number of carbonyl (C=O) groups excluding carboxylic acids is 1. The van der Waals surface area contributed by atoms with Gasteiger partial charge in [0.05, 0.1) is 6.26 Å². The summed E-state index contributed by atoms with van der Waals surface area (Å²) < 4.78 is 18.5. The predicted molar refractivity (Wildman–Crippen MR) is 93.8 cm³/mol. The van der Waals surface area contributed by atoms with Crippen molar-refractivity contribution in [2.45, 2.75) is 17.6 Å². The minimum absolute atomic E-state index is 0.280. The highest BCUT2D eigenvalue weighted by molar-refractivity contribution is 7.98. The van der Waals surface area contributed by atoms with E-state index in [1.54, 1.807) is 30.8 Å². The Morgan fingerprint density at radius 3 is 2.71 bits per heavy atom. The smallest absolute Gasteiger partial charge is 0.291 e. The quantitative estimate of drug-likeness (QED) is 0.643. The minimum Gasteiger partial charge on any atom is -0.459 e. The van der Waals surface area contributed by atoms with E-state index < -0.39 is 0 Å². The second-order valence-electron chi connectivity index (χ2n) is 5.29. The Bertz CT molecular complexity index is 846. The molecule has 1 heterocycles. The number of rotatable bonds is 5. The number of hydrogen-bond donors (Lipinski definition) is 1. The van der Waals surface area contributed by atoms with Crippen molar-refractivity contribution >= 4 is 23.4 Å². The molecule has 0 fully saturated rings. The molecule has 2 aromatic carbocycles. The maximum Gasteiger partial charge on any atom is 0.291 e. The van der Waals surface area contributed by atoms with E-state index in [1.165, 1.54) is 18.4 Å². The van der Waals surface area contributed by atoms with Gasteiger partial charge in [0.1, 0.15) is 5.82 Å². The third kappa shape index (κ3) is 3.86.